The van der Waals surface area contributed by atoms with Crippen molar-refractivity contribution in [1.29, 1.82) is 5.26 Å². The van der Waals surface area contributed by atoms with Crippen LogP contribution in [0.5, 0.6) is 0 Å². The van der Waals surface area contributed by atoms with Gasteiger partial charge in [-0.3, -0.25) is 0 Å². The summed E-state index contributed by atoms with van der Waals surface area (Å²) in [5.74, 6) is 0.454. The summed E-state index contributed by atoms with van der Waals surface area (Å²) in [4.78, 5) is 18.7. The third-order valence-electron chi connectivity index (χ3n) is 4.23. The van der Waals surface area contributed by atoms with Crippen LogP contribution in [0, 0.1) is 11.3 Å². The molecule has 5 heteroatoms. The fourth-order valence-corrected chi connectivity index (χ4v) is 3.27. The van der Waals surface area contributed by atoms with E-state index in [1.807, 2.05) is 17.9 Å². The van der Waals surface area contributed by atoms with E-state index in [2.05, 4.69) is 6.07 Å². The van der Waals surface area contributed by atoms with Crippen molar-refractivity contribution in [1.82, 2.24) is 4.98 Å². The second-order valence-corrected chi connectivity index (χ2v) is 5.53. The number of carbonyl (C=O) groups is 1. The topological polar surface area (TPSA) is 66.2 Å². The van der Waals surface area contributed by atoms with E-state index in [4.69, 9.17) is 9.72 Å². The highest BCUT2D eigenvalue weighted by molar-refractivity contribution is 5.81. The molecule has 1 atom stereocenters. The Labute approximate surface area is 124 Å². The molecule has 0 spiro atoms. The van der Waals surface area contributed by atoms with E-state index in [1.54, 1.807) is 0 Å². The number of hydrogen-bond donors (Lipinski definition) is 0. The van der Waals surface area contributed by atoms with Crippen molar-refractivity contribution >= 4 is 11.8 Å². The van der Waals surface area contributed by atoms with Crippen molar-refractivity contribution in [2.24, 2.45) is 0 Å². The molecule has 1 unspecified atom stereocenters. The molecule has 2 aliphatic rings. The number of aryl methyl sites for hydroxylation is 2. The summed E-state index contributed by atoms with van der Waals surface area (Å²) in [6, 6.07) is 3.89. The van der Waals surface area contributed by atoms with Crippen LogP contribution in [0.15, 0.2) is 6.07 Å². The molecular formula is C16H19N3O2. The highest BCUT2D eigenvalue weighted by atomic mass is 16.5. The summed E-state index contributed by atoms with van der Waals surface area (Å²) in [7, 11) is 0. The lowest BCUT2D eigenvalue weighted by Crippen LogP contribution is -2.38. The summed E-state index contributed by atoms with van der Waals surface area (Å²) >= 11 is 0. The maximum absolute atomic E-state index is 12.1. The third kappa shape index (κ3) is 2.46. The van der Waals surface area contributed by atoms with Gasteiger partial charge in [0.05, 0.1) is 12.2 Å². The number of aromatic nitrogens is 1. The molecule has 3 rings (SSSR count). The molecule has 21 heavy (non-hydrogen) atoms. The molecule has 1 aromatic heterocycles. The number of ether oxygens (including phenoxy) is 1. The van der Waals surface area contributed by atoms with Gasteiger partial charge < -0.3 is 9.64 Å². The first kappa shape index (κ1) is 13.9. The van der Waals surface area contributed by atoms with Crippen molar-refractivity contribution in [2.45, 2.75) is 45.1 Å². The van der Waals surface area contributed by atoms with Gasteiger partial charge in [0.1, 0.15) is 17.9 Å². The van der Waals surface area contributed by atoms with Gasteiger partial charge in [0.2, 0.25) is 0 Å². The highest BCUT2D eigenvalue weighted by Crippen LogP contribution is 2.31. The van der Waals surface area contributed by atoms with E-state index < -0.39 is 0 Å². The maximum atomic E-state index is 12.1. The van der Waals surface area contributed by atoms with Crippen molar-refractivity contribution in [3.8, 4) is 6.07 Å². The summed E-state index contributed by atoms with van der Waals surface area (Å²) < 4.78 is 5.15. The molecule has 0 saturated carbocycles. The van der Waals surface area contributed by atoms with Gasteiger partial charge in [-0.25, -0.2) is 9.78 Å². The Balaban J connectivity index is 1.95. The first-order chi connectivity index (χ1) is 10.2. The monoisotopic (exact) mass is 285 g/mol. The van der Waals surface area contributed by atoms with Gasteiger partial charge in [0, 0.05) is 12.2 Å². The molecule has 1 aromatic rings. The molecule has 0 aromatic carbocycles. The number of anilines is 1. The molecule has 1 fully saturated rings. The predicted octanol–water partition coefficient (Wildman–Crippen LogP) is 1.97. The Morgan fingerprint density at radius 3 is 3.14 bits per heavy atom. The minimum absolute atomic E-state index is 0.207. The van der Waals surface area contributed by atoms with E-state index in [9.17, 15) is 10.1 Å². The molecule has 110 valence electrons. The van der Waals surface area contributed by atoms with Crippen LogP contribution in [0.4, 0.5) is 5.82 Å². The van der Waals surface area contributed by atoms with E-state index in [0.29, 0.717) is 18.0 Å². The Bertz CT molecular complexity index is 606. The number of carbonyl (C=O) groups excluding carboxylic acids is 1. The van der Waals surface area contributed by atoms with Gasteiger partial charge in [0.25, 0.3) is 0 Å². The molecule has 1 aliphatic heterocycles. The molecule has 2 heterocycles. The lowest BCUT2D eigenvalue weighted by molar-refractivity contribution is -0.144. The smallest absolute Gasteiger partial charge is 0.328 e. The van der Waals surface area contributed by atoms with Crippen molar-refractivity contribution in [3.63, 3.8) is 0 Å². The predicted molar refractivity (Wildman–Crippen MR) is 78.0 cm³/mol. The van der Waals surface area contributed by atoms with Crippen LogP contribution in [0.2, 0.25) is 0 Å². The quantitative estimate of drug-likeness (QED) is 0.794. The molecule has 0 bridgehead atoms. The average Bonchev–Trinajstić information content (AvgIpc) is 3.14. The van der Waals surface area contributed by atoms with Crippen LogP contribution >= 0.6 is 0 Å². The zero-order valence-electron chi connectivity index (χ0n) is 12.3. The largest absolute Gasteiger partial charge is 0.464 e. The van der Waals surface area contributed by atoms with Crippen LogP contribution in [-0.4, -0.2) is 30.1 Å². The van der Waals surface area contributed by atoms with Crippen LogP contribution in [0.1, 0.15) is 43.0 Å². The van der Waals surface area contributed by atoms with Crippen LogP contribution in [-0.2, 0) is 22.4 Å². The fourth-order valence-electron chi connectivity index (χ4n) is 3.27. The average molecular weight is 285 g/mol. The number of nitriles is 1. The molecular weight excluding hydrogens is 266 g/mol. The summed E-state index contributed by atoms with van der Waals surface area (Å²) in [6.07, 6.45) is 4.75. The fraction of sp³-hybridized carbons (Fsp3) is 0.562. The molecule has 1 saturated heterocycles. The summed E-state index contributed by atoms with van der Waals surface area (Å²) in [5.41, 5.74) is 2.84. The van der Waals surface area contributed by atoms with E-state index in [-0.39, 0.29) is 12.0 Å². The number of pyridine rings is 1. The Morgan fingerprint density at radius 1 is 1.52 bits per heavy atom. The van der Waals surface area contributed by atoms with Crippen LogP contribution in [0.25, 0.3) is 0 Å². The van der Waals surface area contributed by atoms with Gasteiger partial charge in [-0.05, 0) is 50.7 Å². The number of nitrogens with zero attached hydrogens (tertiary/aromatic N) is 3. The van der Waals surface area contributed by atoms with Gasteiger partial charge in [-0.15, -0.1) is 0 Å². The van der Waals surface area contributed by atoms with Gasteiger partial charge in [0.15, 0.2) is 0 Å². The Kier molecular flexibility index (Phi) is 3.78. The Hall–Kier alpha value is -2.09. The maximum Gasteiger partial charge on any atom is 0.328 e. The second-order valence-electron chi connectivity index (χ2n) is 5.53. The lowest BCUT2D eigenvalue weighted by Gasteiger charge is -2.25. The minimum atomic E-state index is -0.302. The summed E-state index contributed by atoms with van der Waals surface area (Å²) in [5, 5.41) is 9.41. The van der Waals surface area contributed by atoms with Gasteiger partial charge >= 0.3 is 5.97 Å². The molecule has 5 nitrogen and oxygen atoms in total. The number of fused-ring (bicyclic) bond motifs is 1. The van der Waals surface area contributed by atoms with Gasteiger partial charge in [-0.1, -0.05) is 0 Å². The Morgan fingerprint density at radius 2 is 2.38 bits per heavy atom. The normalized spacial score (nSPS) is 20.2. The molecule has 1 aliphatic carbocycles. The zero-order valence-corrected chi connectivity index (χ0v) is 12.3. The zero-order chi connectivity index (χ0) is 14.8. The molecule has 0 N–H and O–H groups in total. The first-order valence-corrected chi connectivity index (χ1v) is 7.60. The van der Waals surface area contributed by atoms with Gasteiger partial charge in [-0.2, -0.15) is 5.26 Å². The van der Waals surface area contributed by atoms with Crippen molar-refractivity contribution < 1.29 is 9.53 Å². The van der Waals surface area contributed by atoms with Crippen LogP contribution in [0.3, 0.4) is 0 Å². The lowest BCUT2D eigenvalue weighted by atomic mass is 10.1. The summed E-state index contributed by atoms with van der Waals surface area (Å²) in [6.45, 7) is 2.95. The number of esters is 1. The van der Waals surface area contributed by atoms with E-state index >= 15 is 0 Å². The van der Waals surface area contributed by atoms with E-state index in [0.717, 1.165) is 44.3 Å². The first-order valence-electron chi connectivity index (χ1n) is 7.60. The number of hydrogen-bond acceptors (Lipinski definition) is 5. The number of rotatable bonds is 3. The van der Waals surface area contributed by atoms with E-state index in [1.165, 1.54) is 5.56 Å². The molecule has 0 amide bonds. The molecule has 0 radical (unpaired) electrons. The van der Waals surface area contributed by atoms with Crippen molar-refractivity contribution in [3.05, 3.63) is 22.9 Å². The minimum Gasteiger partial charge on any atom is -0.464 e. The standard InChI is InChI=1S/C16H19N3O2/c1-2-21-16(20)14-7-4-8-19(14)15-12(10-17)9-11-5-3-6-13(11)18-15/h9,14H,2-8H2,1H3. The van der Waals surface area contributed by atoms with Crippen LogP contribution < -0.4 is 4.90 Å². The SMILES string of the molecule is CCOC(=O)C1CCCN1c1nc2c(cc1C#N)CCC2. The highest BCUT2D eigenvalue weighted by Gasteiger charge is 2.34. The van der Waals surface area contributed by atoms with Crippen molar-refractivity contribution in [2.75, 3.05) is 18.1 Å². The third-order valence-corrected chi connectivity index (χ3v) is 4.23. The second kappa shape index (κ2) is 5.72.